The van der Waals surface area contributed by atoms with Gasteiger partial charge in [0.15, 0.2) is 0 Å². The number of hydrogen-bond acceptors (Lipinski definition) is 3. The lowest BCUT2D eigenvalue weighted by Gasteiger charge is -2.48. The third-order valence-corrected chi connectivity index (χ3v) is 27.6. The summed E-state index contributed by atoms with van der Waals surface area (Å²) in [4.78, 5) is 0. The second kappa shape index (κ2) is 16.6. The zero-order chi connectivity index (χ0) is 37.3. The minimum atomic E-state index is -4.10. The van der Waals surface area contributed by atoms with Gasteiger partial charge in [-0.2, -0.15) is 0 Å². The number of hydrogen-bond donors (Lipinski definition) is 0. The SMILES string of the molecule is C=C[Si](O[Si](O[Si](C=C)(c1ccccc1)c1ccccc1)(O[Si](C=C)(c1ccccc1)c1ccccc1)C1=CCCC1)(c1ccccc1)c1ccccc1. The van der Waals surface area contributed by atoms with Crippen LogP contribution in [0.2, 0.25) is 0 Å². The van der Waals surface area contributed by atoms with Gasteiger partial charge in [-0.1, -0.05) is 205 Å². The summed E-state index contributed by atoms with van der Waals surface area (Å²) in [5.41, 5.74) is 6.18. The summed E-state index contributed by atoms with van der Waals surface area (Å²) in [7, 11) is -14.1. The van der Waals surface area contributed by atoms with E-state index in [0.29, 0.717) is 0 Å². The van der Waals surface area contributed by atoms with Crippen LogP contribution < -0.4 is 31.1 Å². The highest BCUT2D eigenvalue weighted by Gasteiger charge is 2.61. The number of rotatable bonds is 16. The van der Waals surface area contributed by atoms with Crippen molar-refractivity contribution < 1.29 is 12.3 Å². The minimum absolute atomic E-state index is 0.799. The van der Waals surface area contributed by atoms with Crippen molar-refractivity contribution in [2.75, 3.05) is 0 Å². The van der Waals surface area contributed by atoms with Gasteiger partial charge in [-0.05, 0) is 55.6 Å². The third-order valence-electron chi connectivity index (χ3n) is 10.4. The maximum atomic E-state index is 8.25. The van der Waals surface area contributed by atoms with Crippen molar-refractivity contribution in [2.24, 2.45) is 0 Å². The molecule has 0 saturated heterocycles. The van der Waals surface area contributed by atoms with Gasteiger partial charge in [-0.15, -0.1) is 19.7 Å². The lowest BCUT2D eigenvalue weighted by Crippen LogP contribution is -2.76. The predicted molar refractivity (Wildman–Crippen MR) is 235 cm³/mol. The molecule has 0 amide bonds. The zero-order valence-electron chi connectivity index (χ0n) is 30.6. The van der Waals surface area contributed by atoms with E-state index in [1.54, 1.807) is 0 Å². The van der Waals surface area contributed by atoms with Crippen molar-refractivity contribution in [3.05, 3.63) is 230 Å². The summed E-state index contributed by atoms with van der Waals surface area (Å²) < 4.78 is 24.8. The first-order chi connectivity index (χ1) is 26.5. The van der Waals surface area contributed by atoms with Crippen LogP contribution in [0.5, 0.6) is 0 Å². The van der Waals surface area contributed by atoms with Gasteiger partial charge in [0.05, 0.1) is 0 Å². The summed E-state index contributed by atoms with van der Waals surface area (Å²) >= 11 is 0. The minimum Gasteiger partial charge on any atom is -0.401 e. The highest BCUT2D eigenvalue weighted by Crippen LogP contribution is 2.37. The van der Waals surface area contributed by atoms with E-state index in [4.69, 9.17) is 12.3 Å². The zero-order valence-corrected chi connectivity index (χ0v) is 34.6. The van der Waals surface area contributed by atoms with Crippen LogP contribution in [-0.4, -0.2) is 33.8 Å². The van der Waals surface area contributed by atoms with Crippen LogP contribution in [0.1, 0.15) is 19.3 Å². The average Bonchev–Trinajstić information content (AvgIpc) is 3.82. The molecule has 268 valence electrons. The standard InChI is InChI=1S/C47H46O3Si4/c1-4-51(41-27-13-7-14-28-41,42-29-15-8-16-30-42)48-54(47-39-25-26-40-47,49-52(5-2,43-31-17-9-18-32-43)44-33-19-10-20-34-44)50-53(6-3,45-35-21-11-22-36-45)46-37-23-12-24-38-46/h4-24,27-39H,1-3,25-26,40H2. The van der Waals surface area contributed by atoms with Crippen LogP contribution in [0.15, 0.2) is 230 Å². The van der Waals surface area contributed by atoms with Crippen LogP contribution in [-0.2, 0) is 12.3 Å². The first kappa shape index (κ1) is 37.3. The summed E-state index contributed by atoms with van der Waals surface area (Å²) in [5.74, 6) is 0. The van der Waals surface area contributed by atoms with Gasteiger partial charge in [0.1, 0.15) is 0 Å². The van der Waals surface area contributed by atoms with Crippen LogP contribution in [0.25, 0.3) is 0 Å². The number of benzene rings is 6. The molecule has 0 unspecified atom stereocenters. The molecule has 0 spiro atoms. The van der Waals surface area contributed by atoms with Crippen molar-refractivity contribution in [3.63, 3.8) is 0 Å². The fourth-order valence-electron chi connectivity index (χ4n) is 7.64. The monoisotopic (exact) mass is 770 g/mol. The normalized spacial score (nSPS) is 13.5. The van der Waals surface area contributed by atoms with Gasteiger partial charge in [-0.25, -0.2) is 0 Å². The Morgan fingerprint density at radius 2 is 0.611 bits per heavy atom. The van der Waals surface area contributed by atoms with Gasteiger partial charge in [0.25, 0.3) is 25.0 Å². The Hall–Kier alpha value is -4.97. The van der Waals surface area contributed by atoms with Gasteiger partial charge in [0.2, 0.25) is 0 Å². The average molecular weight is 771 g/mol. The van der Waals surface area contributed by atoms with Crippen LogP contribution >= 0.6 is 0 Å². The summed E-state index contributed by atoms with van der Waals surface area (Å²) in [6.45, 7) is 13.7. The van der Waals surface area contributed by atoms with E-state index >= 15 is 0 Å². The van der Waals surface area contributed by atoms with E-state index in [1.807, 2.05) is 0 Å². The second-order valence-electron chi connectivity index (χ2n) is 13.5. The molecule has 1 aliphatic rings. The van der Waals surface area contributed by atoms with E-state index < -0.39 is 33.8 Å². The highest BCUT2D eigenvalue weighted by atomic mass is 28.5. The quantitative estimate of drug-likeness (QED) is 0.0986. The molecule has 54 heavy (non-hydrogen) atoms. The lowest BCUT2D eigenvalue weighted by atomic mass is 10.4. The molecule has 0 aliphatic heterocycles. The Morgan fingerprint density at radius 3 is 0.796 bits per heavy atom. The number of allylic oxidation sites excluding steroid dienone is 2. The summed E-state index contributed by atoms with van der Waals surface area (Å²) in [6, 6.07) is 63.3. The van der Waals surface area contributed by atoms with Gasteiger partial charge < -0.3 is 12.3 Å². The maximum Gasteiger partial charge on any atom is 0.503 e. The van der Waals surface area contributed by atoms with Crippen LogP contribution in [0.4, 0.5) is 0 Å². The van der Waals surface area contributed by atoms with E-state index in [1.165, 1.54) is 0 Å². The molecule has 7 heteroatoms. The van der Waals surface area contributed by atoms with Crippen molar-refractivity contribution in [1.29, 1.82) is 0 Å². The fraction of sp³-hybridized carbons (Fsp3) is 0.0638. The first-order valence-electron chi connectivity index (χ1n) is 18.6. The van der Waals surface area contributed by atoms with E-state index in [2.05, 4.69) is 225 Å². The maximum absolute atomic E-state index is 8.25. The van der Waals surface area contributed by atoms with Crippen molar-refractivity contribution >= 4 is 64.9 Å². The second-order valence-corrected chi connectivity index (χ2v) is 26.8. The van der Waals surface area contributed by atoms with Crippen molar-refractivity contribution in [1.82, 2.24) is 0 Å². The van der Waals surface area contributed by atoms with Gasteiger partial charge in [0, 0.05) is 0 Å². The molecule has 0 heterocycles. The molecule has 6 aromatic rings. The van der Waals surface area contributed by atoms with Crippen LogP contribution in [0.3, 0.4) is 0 Å². The Balaban J connectivity index is 1.60. The fourth-order valence-corrected chi connectivity index (χ4v) is 27.2. The molecule has 0 bridgehead atoms. The van der Waals surface area contributed by atoms with Crippen molar-refractivity contribution in [3.8, 4) is 0 Å². The predicted octanol–water partition coefficient (Wildman–Crippen LogP) is 7.08. The molecular weight excluding hydrogens is 725 g/mol. The Kier molecular flexibility index (Phi) is 11.5. The van der Waals surface area contributed by atoms with Crippen LogP contribution in [0, 0.1) is 0 Å². The molecular formula is C47H46O3Si4. The largest absolute Gasteiger partial charge is 0.503 e. The van der Waals surface area contributed by atoms with E-state index in [0.717, 1.165) is 55.6 Å². The Labute approximate surface area is 325 Å². The third kappa shape index (κ3) is 7.03. The topological polar surface area (TPSA) is 27.7 Å². The molecule has 0 fully saturated rings. The summed E-state index contributed by atoms with van der Waals surface area (Å²) in [5, 5.41) is 7.54. The van der Waals surface area contributed by atoms with E-state index in [9.17, 15) is 0 Å². The highest BCUT2D eigenvalue weighted by molar-refractivity contribution is 7.12. The molecule has 7 rings (SSSR count). The first-order valence-corrected chi connectivity index (χ1v) is 26.3. The molecule has 0 atom stereocenters. The molecule has 0 N–H and O–H groups in total. The lowest BCUT2D eigenvalue weighted by molar-refractivity contribution is 0.277. The molecule has 1 aliphatic carbocycles. The Morgan fingerprint density at radius 1 is 0.370 bits per heavy atom. The molecule has 0 aromatic heterocycles. The molecule has 3 nitrogen and oxygen atoms in total. The van der Waals surface area contributed by atoms with Gasteiger partial charge in [-0.3, -0.25) is 0 Å². The molecule has 6 aromatic carbocycles. The summed E-state index contributed by atoms with van der Waals surface area (Å²) in [6.07, 6.45) is 5.03. The van der Waals surface area contributed by atoms with Gasteiger partial charge >= 0.3 is 8.80 Å². The Bertz CT molecular complexity index is 1830. The van der Waals surface area contributed by atoms with E-state index in [-0.39, 0.29) is 0 Å². The molecule has 0 saturated carbocycles. The smallest absolute Gasteiger partial charge is 0.401 e. The van der Waals surface area contributed by atoms with Crippen molar-refractivity contribution in [2.45, 2.75) is 19.3 Å². The molecule has 0 radical (unpaired) electrons.